The number of likely N-dealkylation sites (tertiary alicyclic amines) is 1. The molecule has 1 nitrogen and oxygen atoms in total. The van der Waals surface area contributed by atoms with Crippen molar-refractivity contribution in [2.24, 2.45) is 35.0 Å². The van der Waals surface area contributed by atoms with Crippen LogP contribution in [0, 0.1) is 35.0 Å². The molecule has 1 aliphatic heterocycles. The molecule has 0 radical (unpaired) electrons. The summed E-state index contributed by atoms with van der Waals surface area (Å²) in [5, 5.41) is 0. The summed E-state index contributed by atoms with van der Waals surface area (Å²) in [4.78, 5) is 2.86. The van der Waals surface area contributed by atoms with Crippen molar-refractivity contribution < 1.29 is 0 Å². The molecule has 1 saturated heterocycles. The lowest BCUT2D eigenvalue weighted by Crippen LogP contribution is -2.42. The highest BCUT2D eigenvalue weighted by atomic mass is 15.2. The van der Waals surface area contributed by atoms with E-state index in [2.05, 4.69) is 32.6 Å². The highest BCUT2D eigenvalue weighted by molar-refractivity contribution is 5.18. The van der Waals surface area contributed by atoms with Crippen LogP contribution in [-0.4, -0.2) is 23.5 Å². The van der Waals surface area contributed by atoms with E-state index in [-0.39, 0.29) is 0 Å². The molecule has 0 aromatic heterocycles. The Labute approximate surface area is 112 Å². The Morgan fingerprint density at radius 2 is 1.83 bits per heavy atom. The lowest BCUT2D eigenvalue weighted by Gasteiger charge is -2.37. The summed E-state index contributed by atoms with van der Waals surface area (Å²) in [7, 11) is 0. The van der Waals surface area contributed by atoms with E-state index in [0.29, 0.717) is 0 Å². The molecule has 4 fully saturated rings. The van der Waals surface area contributed by atoms with Crippen LogP contribution in [0.5, 0.6) is 0 Å². The lowest BCUT2D eigenvalue weighted by atomic mass is 9.70. The first-order valence-electron chi connectivity index (χ1n) is 8.29. The first-order valence-corrected chi connectivity index (χ1v) is 8.29. The monoisotopic (exact) mass is 247 g/mol. The van der Waals surface area contributed by atoms with Crippen LogP contribution in [0.1, 0.15) is 53.4 Å². The second-order valence-electron chi connectivity index (χ2n) is 8.44. The maximum atomic E-state index is 2.86. The number of hydrogen-bond donors (Lipinski definition) is 0. The summed E-state index contributed by atoms with van der Waals surface area (Å²) in [5.41, 5.74) is 0.875. The van der Waals surface area contributed by atoms with Gasteiger partial charge in [0.25, 0.3) is 0 Å². The van der Waals surface area contributed by atoms with Crippen molar-refractivity contribution >= 4 is 0 Å². The Morgan fingerprint density at radius 1 is 1.11 bits per heavy atom. The number of fused-ring (bicyclic) bond motifs is 6. The average Bonchev–Trinajstić information content (AvgIpc) is 2.71. The maximum absolute atomic E-state index is 2.86. The summed E-state index contributed by atoms with van der Waals surface area (Å²) >= 11 is 0. The minimum atomic E-state index is 0.748. The van der Waals surface area contributed by atoms with Crippen molar-refractivity contribution in [1.82, 2.24) is 4.90 Å². The van der Waals surface area contributed by atoms with Gasteiger partial charge in [-0.3, -0.25) is 4.90 Å². The summed E-state index contributed by atoms with van der Waals surface area (Å²) in [6, 6.07) is 1.64. The van der Waals surface area contributed by atoms with Gasteiger partial charge in [-0.1, -0.05) is 13.8 Å². The number of hydrogen-bond acceptors (Lipinski definition) is 1. The molecule has 4 rings (SSSR count). The van der Waals surface area contributed by atoms with Gasteiger partial charge in [0.05, 0.1) is 0 Å². The molecular weight excluding hydrogens is 218 g/mol. The van der Waals surface area contributed by atoms with Crippen LogP contribution in [0.2, 0.25) is 0 Å². The van der Waals surface area contributed by atoms with E-state index in [9.17, 15) is 0 Å². The van der Waals surface area contributed by atoms with Gasteiger partial charge in [0.1, 0.15) is 0 Å². The zero-order valence-corrected chi connectivity index (χ0v) is 12.5. The zero-order valence-electron chi connectivity index (χ0n) is 12.5. The topological polar surface area (TPSA) is 3.24 Å². The van der Waals surface area contributed by atoms with Gasteiger partial charge in [-0.15, -0.1) is 0 Å². The van der Waals surface area contributed by atoms with E-state index >= 15 is 0 Å². The summed E-state index contributed by atoms with van der Waals surface area (Å²) in [6.07, 6.45) is 6.36. The molecule has 4 aliphatic rings. The van der Waals surface area contributed by atoms with Gasteiger partial charge in [0, 0.05) is 18.6 Å². The fraction of sp³-hybridized carbons (Fsp3) is 1.00. The normalized spacial score (nSPS) is 48.7. The summed E-state index contributed by atoms with van der Waals surface area (Å²) in [5.74, 6) is 5.19. The number of nitrogens with zero attached hydrogens (tertiary/aromatic N) is 1. The minimum absolute atomic E-state index is 0.748. The molecule has 1 spiro atoms. The van der Waals surface area contributed by atoms with E-state index in [0.717, 1.165) is 47.1 Å². The van der Waals surface area contributed by atoms with Crippen LogP contribution < -0.4 is 0 Å². The van der Waals surface area contributed by atoms with Crippen LogP contribution >= 0.6 is 0 Å². The largest absolute Gasteiger partial charge is 0.297 e. The average molecular weight is 247 g/mol. The fourth-order valence-corrected chi connectivity index (χ4v) is 6.36. The first-order chi connectivity index (χ1) is 8.53. The Kier molecular flexibility index (Phi) is 2.31. The Bertz CT molecular complexity index is 355. The highest BCUT2D eigenvalue weighted by Crippen LogP contribution is 2.73. The maximum Gasteiger partial charge on any atom is 0.0155 e. The molecule has 5 unspecified atom stereocenters. The molecule has 0 amide bonds. The van der Waals surface area contributed by atoms with Gasteiger partial charge < -0.3 is 0 Å². The van der Waals surface area contributed by atoms with Crippen LogP contribution in [0.15, 0.2) is 0 Å². The van der Waals surface area contributed by atoms with Crippen molar-refractivity contribution in [3.63, 3.8) is 0 Å². The molecule has 18 heavy (non-hydrogen) atoms. The summed E-state index contributed by atoms with van der Waals surface area (Å²) in [6.45, 7) is 11.2. The van der Waals surface area contributed by atoms with Gasteiger partial charge in [0.2, 0.25) is 0 Å². The first kappa shape index (κ1) is 11.8. The SMILES string of the molecule is CC(C)C1C2C3CC(C2CN1C(C)C)C1(CC1)C3. The molecule has 1 heteroatoms. The molecular formula is C17H29N. The smallest absolute Gasteiger partial charge is 0.0155 e. The Morgan fingerprint density at radius 3 is 2.39 bits per heavy atom. The molecule has 3 saturated carbocycles. The highest BCUT2D eigenvalue weighted by Gasteiger charge is 2.68. The molecule has 102 valence electrons. The van der Waals surface area contributed by atoms with Gasteiger partial charge in [-0.2, -0.15) is 0 Å². The second kappa shape index (κ2) is 3.53. The molecule has 0 aromatic carbocycles. The molecule has 5 atom stereocenters. The molecule has 3 aliphatic carbocycles. The van der Waals surface area contributed by atoms with Crippen LogP contribution in [0.25, 0.3) is 0 Å². The second-order valence-corrected chi connectivity index (χ2v) is 8.44. The predicted molar refractivity (Wildman–Crippen MR) is 75.3 cm³/mol. The van der Waals surface area contributed by atoms with E-state index in [1.165, 1.54) is 6.54 Å². The molecule has 0 N–H and O–H groups in total. The Hall–Kier alpha value is -0.0400. The standard InChI is InChI=1S/C17H29N/c1-10(2)16-15-12-7-14(17(8-12)5-6-17)13(15)9-18(16)11(3)4/h10-16H,5-9H2,1-4H3. The predicted octanol–water partition coefficient (Wildman–Crippen LogP) is 3.79. The fourth-order valence-electron chi connectivity index (χ4n) is 6.36. The van der Waals surface area contributed by atoms with E-state index < -0.39 is 0 Å². The van der Waals surface area contributed by atoms with Crippen molar-refractivity contribution in [2.45, 2.75) is 65.5 Å². The summed E-state index contributed by atoms with van der Waals surface area (Å²) < 4.78 is 0. The molecule has 1 heterocycles. The zero-order chi connectivity index (χ0) is 12.7. The Balaban J connectivity index is 1.65. The number of rotatable bonds is 2. The van der Waals surface area contributed by atoms with Crippen LogP contribution in [-0.2, 0) is 0 Å². The van der Waals surface area contributed by atoms with Crippen molar-refractivity contribution in [1.29, 1.82) is 0 Å². The lowest BCUT2D eigenvalue weighted by molar-refractivity contribution is 0.114. The van der Waals surface area contributed by atoms with Crippen LogP contribution in [0.4, 0.5) is 0 Å². The van der Waals surface area contributed by atoms with E-state index in [1.54, 1.807) is 25.7 Å². The van der Waals surface area contributed by atoms with Gasteiger partial charge in [-0.05, 0) is 74.5 Å². The molecule has 2 bridgehead atoms. The third kappa shape index (κ3) is 1.32. The van der Waals surface area contributed by atoms with E-state index in [1.807, 2.05) is 0 Å². The van der Waals surface area contributed by atoms with E-state index in [4.69, 9.17) is 0 Å². The quantitative estimate of drug-likeness (QED) is 0.717. The van der Waals surface area contributed by atoms with Crippen LogP contribution in [0.3, 0.4) is 0 Å². The van der Waals surface area contributed by atoms with Gasteiger partial charge >= 0.3 is 0 Å². The third-order valence-electron chi connectivity index (χ3n) is 7.01. The van der Waals surface area contributed by atoms with Crippen molar-refractivity contribution in [3.8, 4) is 0 Å². The minimum Gasteiger partial charge on any atom is -0.297 e. The van der Waals surface area contributed by atoms with Crippen molar-refractivity contribution in [3.05, 3.63) is 0 Å². The van der Waals surface area contributed by atoms with Gasteiger partial charge in [-0.25, -0.2) is 0 Å². The van der Waals surface area contributed by atoms with Crippen molar-refractivity contribution in [2.75, 3.05) is 6.54 Å². The van der Waals surface area contributed by atoms with Gasteiger partial charge in [0.15, 0.2) is 0 Å². The third-order valence-corrected chi connectivity index (χ3v) is 7.01. The molecule has 0 aromatic rings.